The predicted octanol–water partition coefficient (Wildman–Crippen LogP) is 4.89. The Morgan fingerprint density at radius 2 is 1.84 bits per heavy atom. The molecule has 0 bridgehead atoms. The van der Waals surface area contributed by atoms with E-state index in [9.17, 15) is 4.79 Å². The monoisotopic (exact) mass is 333 g/mol. The lowest BCUT2D eigenvalue weighted by atomic mass is 10.3. The number of benzene rings is 1. The van der Waals surface area contributed by atoms with E-state index < -0.39 is 5.97 Å². The normalized spacial score (nSPS) is 10.5. The third-order valence-electron chi connectivity index (χ3n) is 2.16. The number of nitrogens with zero attached hydrogens (tertiary/aromatic N) is 1. The van der Waals surface area contributed by atoms with Crippen molar-refractivity contribution in [3.63, 3.8) is 0 Å². The predicted molar refractivity (Wildman–Crippen MR) is 76.8 cm³/mol. The molecule has 2 rings (SSSR count). The van der Waals surface area contributed by atoms with Crippen LogP contribution in [0.15, 0.2) is 40.3 Å². The number of carboxylic acids is 1. The van der Waals surface area contributed by atoms with Gasteiger partial charge in [-0.25, -0.2) is 9.78 Å². The van der Waals surface area contributed by atoms with Gasteiger partial charge in [0.15, 0.2) is 0 Å². The largest absolute Gasteiger partial charge is 0.478 e. The summed E-state index contributed by atoms with van der Waals surface area (Å²) in [5, 5.41) is 10.5. The van der Waals surface area contributed by atoms with E-state index in [4.69, 9.17) is 39.9 Å². The van der Waals surface area contributed by atoms with Gasteiger partial charge in [0.25, 0.3) is 0 Å². The highest BCUT2D eigenvalue weighted by Crippen LogP contribution is 2.33. The van der Waals surface area contributed by atoms with Crippen LogP contribution in [-0.4, -0.2) is 16.1 Å². The van der Waals surface area contributed by atoms with E-state index in [1.807, 2.05) is 0 Å². The van der Waals surface area contributed by atoms with E-state index in [-0.39, 0.29) is 10.7 Å². The molecule has 1 N–H and O–H groups in total. The molecule has 2 aromatic rings. The van der Waals surface area contributed by atoms with Gasteiger partial charge in [-0.2, -0.15) is 0 Å². The lowest BCUT2D eigenvalue weighted by Crippen LogP contribution is -2.00. The van der Waals surface area contributed by atoms with Gasteiger partial charge < -0.3 is 5.11 Å². The first-order valence-corrected chi connectivity index (χ1v) is 6.95. The second-order valence-corrected chi connectivity index (χ2v) is 5.73. The molecule has 0 atom stereocenters. The Labute approximate surface area is 128 Å². The van der Waals surface area contributed by atoms with Crippen LogP contribution in [0.2, 0.25) is 15.2 Å². The van der Waals surface area contributed by atoms with Crippen molar-refractivity contribution in [2.75, 3.05) is 0 Å². The van der Waals surface area contributed by atoms with Gasteiger partial charge in [0.05, 0.1) is 15.6 Å². The molecular formula is C12H6Cl3NO2S. The molecule has 3 nitrogen and oxygen atoms in total. The maximum Gasteiger partial charge on any atom is 0.338 e. The molecule has 7 heteroatoms. The maximum atomic E-state index is 11.1. The molecule has 0 aliphatic heterocycles. The van der Waals surface area contributed by atoms with Crippen molar-refractivity contribution in [1.29, 1.82) is 0 Å². The number of hydrogen-bond acceptors (Lipinski definition) is 3. The van der Waals surface area contributed by atoms with Crippen LogP contribution in [0.1, 0.15) is 10.4 Å². The third kappa shape index (κ3) is 3.54. The topological polar surface area (TPSA) is 50.2 Å². The minimum Gasteiger partial charge on any atom is -0.478 e. The lowest BCUT2D eigenvalue weighted by Gasteiger charge is -2.06. The van der Waals surface area contributed by atoms with E-state index in [0.717, 1.165) is 16.7 Å². The van der Waals surface area contributed by atoms with Gasteiger partial charge in [0.1, 0.15) is 10.2 Å². The molecule has 1 heterocycles. The van der Waals surface area contributed by atoms with Crippen molar-refractivity contribution in [2.24, 2.45) is 0 Å². The molecule has 19 heavy (non-hydrogen) atoms. The van der Waals surface area contributed by atoms with Gasteiger partial charge in [-0.1, -0.05) is 46.6 Å². The quantitative estimate of drug-likeness (QED) is 0.812. The Morgan fingerprint density at radius 1 is 1.11 bits per heavy atom. The van der Waals surface area contributed by atoms with E-state index in [0.29, 0.717) is 15.1 Å². The second kappa shape index (κ2) is 6.01. The van der Waals surface area contributed by atoms with Crippen LogP contribution in [0.25, 0.3) is 0 Å². The smallest absolute Gasteiger partial charge is 0.338 e. The highest BCUT2D eigenvalue weighted by atomic mass is 35.5. The summed E-state index contributed by atoms with van der Waals surface area (Å²) in [7, 11) is 0. The number of carboxylic acid groups (broad SMARTS) is 1. The van der Waals surface area contributed by atoms with Gasteiger partial charge in [-0.3, -0.25) is 0 Å². The highest BCUT2D eigenvalue weighted by Gasteiger charge is 2.14. The van der Waals surface area contributed by atoms with Crippen LogP contribution < -0.4 is 0 Å². The number of halogens is 3. The summed E-state index contributed by atoms with van der Waals surface area (Å²) in [6.07, 6.45) is 0. The lowest BCUT2D eigenvalue weighted by molar-refractivity contribution is 0.0692. The molecule has 98 valence electrons. The van der Waals surface area contributed by atoms with Crippen molar-refractivity contribution in [3.8, 4) is 0 Å². The van der Waals surface area contributed by atoms with Crippen LogP contribution in [-0.2, 0) is 0 Å². The van der Waals surface area contributed by atoms with Crippen molar-refractivity contribution < 1.29 is 9.90 Å². The zero-order valence-corrected chi connectivity index (χ0v) is 12.3. The molecule has 0 fully saturated rings. The van der Waals surface area contributed by atoms with E-state index in [1.165, 1.54) is 12.1 Å². The summed E-state index contributed by atoms with van der Waals surface area (Å²) in [4.78, 5) is 15.8. The van der Waals surface area contributed by atoms with Gasteiger partial charge in [-0.05, 0) is 30.3 Å². The number of rotatable bonds is 3. The SMILES string of the molecule is O=C(O)c1ccc(Cl)nc1Sc1ccc(Cl)c(Cl)c1. The van der Waals surface area contributed by atoms with Crippen molar-refractivity contribution in [2.45, 2.75) is 9.92 Å². The Bertz CT molecular complexity index is 649. The highest BCUT2D eigenvalue weighted by molar-refractivity contribution is 7.99. The molecule has 0 saturated heterocycles. The number of pyridine rings is 1. The molecular weight excluding hydrogens is 329 g/mol. The standard InChI is InChI=1S/C12H6Cl3NO2S/c13-8-3-1-6(5-9(8)14)19-11-7(12(17)18)2-4-10(15)16-11/h1-5H,(H,17,18). The molecule has 0 aliphatic rings. The van der Waals surface area contributed by atoms with Gasteiger partial charge in [0, 0.05) is 4.90 Å². The molecule has 0 spiro atoms. The summed E-state index contributed by atoms with van der Waals surface area (Å²) in [5.74, 6) is -1.06. The summed E-state index contributed by atoms with van der Waals surface area (Å²) in [6.45, 7) is 0. The zero-order chi connectivity index (χ0) is 14.0. The molecule has 0 saturated carbocycles. The first kappa shape index (κ1) is 14.5. The first-order chi connectivity index (χ1) is 8.97. The van der Waals surface area contributed by atoms with Gasteiger partial charge in [-0.15, -0.1) is 0 Å². The molecule has 0 aliphatic carbocycles. The summed E-state index contributed by atoms with van der Waals surface area (Å²) in [6, 6.07) is 7.86. The third-order valence-corrected chi connectivity index (χ3v) is 4.11. The minimum atomic E-state index is -1.06. The molecule has 1 aromatic carbocycles. The number of aromatic nitrogens is 1. The number of aromatic carboxylic acids is 1. The second-order valence-electron chi connectivity index (χ2n) is 3.47. The first-order valence-electron chi connectivity index (χ1n) is 5.00. The summed E-state index contributed by atoms with van der Waals surface area (Å²) in [5.41, 5.74) is 0.0838. The number of hydrogen-bond donors (Lipinski definition) is 1. The Morgan fingerprint density at radius 3 is 2.47 bits per heavy atom. The Kier molecular flexibility index (Phi) is 4.58. The number of carbonyl (C=O) groups is 1. The van der Waals surface area contributed by atoms with Crippen LogP contribution >= 0.6 is 46.6 Å². The van der Waals surface area contributed by atoms with Crippen molar-refractivity contribution >= 4 is 52.5 Å². The van der Waals surface area contributed by atoms with Crippen LogP contribution in [0.4, 0.5) is 0 Å². The molecule has 0 amide bonds. The van der Waals surface area contributed by atoms with Crippen molar-refractivity contribution in [1.82, 2.24) is 4.98 Å². The van der Waals surface area contributed by atoms with Crippen LogP contribution in [0.5, 0.6) is 0 Å². The average Bonchev–Trinajstić information content (AvgIpc) is 2.33. The zero-order valence-electron chi connectivity index (χ0n) is 9.23. The van der Waals surface area contributed by atoms with E-state index in [1.54, 1.807) is 18.2 Å². The van der Waals surface area contributed by atoms with Gasteiger partial charge >= 0.3 is 5.97 Å². The summed E-state index contributed by atoms with van der Waals surface area (Å²) < 4.78 is 0. The fourth-order valence-corrected chi connectivity index (χ4v) is 2.82. The Balaban J connectivity index is 2.39. The van der Waals surface area contributed by atoms with Gasteiger partial charge in [0.2, 0.25) is 0 Å². The van der Waals surface area contributed by atoms with E-state index in [2.05, 4.69) is 4.98 Å². The molecule has 0 unspecified atom stereocenters. The molecule has 1 aromatic heterocycles. The fraction of sp³-hybridized carbons (Fsp3) is 0. The van der Waals surface area contributed by atoms with Crippen LogP contribution in [0, 0.1) is 0 Å². The van der Waals surface area contributed by atoms with Crippen LogP contribution in [0.3, 0.4) is 0 Å². The average molecular weight is 335 g/mol. The van der Waals surface area contributed by atoms with E-state index >= 15 is 0 Å². The fourth-order valence-electron chi connectivity index (χ4n) is 1.31. The molecule has 0 radical (unpaired) electrons. The Hall–Kier alpha value is -0.940. The summed E-state index contributed by atoms with van der Waals surface area (Å²) >= 11 is 18.7. The minimum absolute atomic E-state index is 0.0838. The maximum absolute atomic E-state index is 11.1. The van der Waals surface area contributed by atoms with Crippen molar-refractivity contribution in [3.05, 3.63) is 51.1 Å².